The van der Waals surface area contributed by atoms with E-state index in [2.05, 4.69) is 70.0 Å². The van der Waals surface area contributed by atoms with Crippen LogP contribution in [0.25, 0.3) is 54.7 Å². The van der Waals surface area contributed by atoms with E-state index in [-0.39, 0.29) is 35.6 Å². The molecule has 1 saturated carbocycles. The Morgan fingerprint density at radius 2 is 1.33 bits per heavy atom. The molecule has 4 heterocycles. The Balaban J connectivity index is 0.916. The van der Waals surface area contributed by atoms with Crippen LogP contribution in [0, 0.1) is 23.7 Å². The summed E-state index contributed by atoms with van der Waals surface area (Å²) in [6.45, 7) is 7.27. The maximum Gasteiger partial charge on any atom is 0.407 e. The number of nitrogens with zero attached hydrogens (tertiary/aromatic N) is 4. The number of benzene rings is 5. The third-order valence-electron chi connectivity index (χ3n) is 14.3. The van der Waals surface area contributed by atoms with Crippen LogP contribution in [0.4, 0.5) is 13.6 Å². The zero-order chi connectivity index (χ0) is 48.3. The summed E-state index contributed by atoms with van der Waals surface area (Å²) in [7, 11) is 2.92. The van der Waals surface area contributed by atoms with Gasteiger partial charge >= 0.3 is 6.09 Å². The summed E-state index contributed by atoms with van der Waals surface area (Å²) < 4.78 is 37.9. The summed E-state index contributed by atoms with van der Waals surface area (Å²) in [5.74, 6) is -3.35. The highest BCUT2D eigenvalue weighted by atomic mass is 19.3. The first-order valence-electron chi connectivity index (χ1n) is 23.7. The van der Waals surface area contributed by atoms with E-state index in [1.807, 2.05) is 43.0 Å². The highest BCUT2D eigenvalue weighted by Crippen LogP contribution is 2.44. The number of alkyl halides is 2. The van der Waals surface area contributed by atoms with Crippen LogP contribution >= 0.6 is 0 Å². The Morgan fingerprint density at radius 3 is 1.88 bits per heavy atom. The maximum atomic E-state index is 14.6. The summed E-state index contributed by atoms with van der Waals surface area (Å²) in [6, 6.07) is 27.2. The number of amides is 4. The summed E-state index contributed by atoms with van der Waals surface area (Å²) in [4.78, 5) is 74.7. The molecule has 0 spiro atoms. The quantitative estimate of drug-likeness (QED) is 0.0939. The first kappa shape index (κ1) is 45.8. The molecular weight excluding hydrogens is 883 g/mol. The number of H-pyrrole nitrogens is 2. The number of halogens is 2. The van der Waals surface area contributed by atoms with Crippen LogP contribution in [0.3, 0.4) is 0 Å². The number of alkyl carbamates (subject to hydrolysis) is 1. The summed E-state index contributed by atoms with van der Waals surface area (Å²) in [6.07, 6.45) is -0.388. The van der Waals surface area contributed by atoms with Gasteiger partial charge in [0.05, 0.1) is 47.9 Å². The molecule has 6 atom stereocenters. The molecule has 10 rings (SSSR count). The molecular formula is C53H56F2N8O6. The Morgan fingerprint density at radius 1 is 0.754 bits per heavy atom. The average Bonchev–Trinajstić information content (AvgIpc) is 4.16. The fourth-order valence-corrected chi connectivity index (χ4v) is 10.7. The van der Waals surface area contributed by atoms with Crippen LogP contribution in [-0.4, -0.2) is 99.4 Å². The number of likely N-dealkylation sites (tertiary alicyclic amines) is 2. The van der Waals surface area contributed by atoms with E-state index < -0.39 is 54.8 Å². The highest BCUT2D eigenvalue weighted by molar-refractivity contribution is 6.07. The molecule has 358 valence electrons. The van der Waals surface area contributed by atoms with Crippen molar-refractivity contribution in [3.63, 3.8) is 0 Å². The highest BCUT2D eigenvalue weighted by Gasteiger charge is 2.50. The summed E-state index contributed by atoms with van der Waals surface area (Å²) in [5.41, 5.74) is 5.91. The third-order valence-corrected chi connectivity index (χ3v) is 14.3. The Hall–Kier alpha value is -6.94. The van der Waals surface area contributed by atoms with Gasteiger partial charge in [-0.1, -0.05) is 87.5 Å². The van der Waals surface area contributed by atoms with Gasteiger partial charge in [0.1, 0.15) is 23.7 Å². The van der Waals surface area contributed by atoms with Gasteiger partial charge in [-0.25, -0.2) is 23.5 Å². The minimum atomic E-state index is -2.87. The molecule has 2 aromatic heterocycles. The molecule has 2 saturated heterocycles. The van der Waals surface area contributed by atoms with E-state index >= 15 is 0 Å². The Kier molecular flexibility index (Phi) is 12.1. The van der Waals surface area contributed by atoms with E-state index in [9.17, 15) is 28.0 Å². The van der Waals surface area contributed by atoms with Crippen molar-refractivity contribution in [1.29, 1.82) is 0 Å². The molecule has 4 N–H and O–H groups in total. The normalized spacial score (nSPS) is 21.3. The standard InChI is InChI=1S/C53H56F2N8O6/c1-28(2)43(61-52(67)69-5)50(65)62-25-29(3)19-41(62)47-56-39-17-13-34-21-32(11-15-37(34)45(39)58-47)33-12-16-38-35(22-33)14-18-40-46(38)59-48(57-40)42-20-30(27-68-4)26-63(42)51(66)44(31-9-7-6-8-10-31)60-49(64)36-23-53(54,55)24-36/h6-18,21-22,28-30,36,41-44H,19-20,23-27H2,1-5H3,(H,56,58)(H,57,59)(H,60,64)(H,61,67)/t29-,30-,41-,42-,43?,44+/m0/s1. The van der Waals surface area contributed by atoms with Gasteiger partial charge in [-0.05, 0) is 76.4 Å². The Bertz CT molecular complexity index is 3110. The minimum absolute atomic E-state index is 0.000258. The maximum absolute atomic E-state index is 14.6. The van der Waals surface area contributed by atoms with Gasteiger partial charge in [0.15, 0.2) is 0 Å². The molecule has 5 aromatic carbocycles. The number of fused-ring (bicyclic) bond motifs is 6. The predicted molar refractivity (Wildman–Crippen MR) is 258 cm³/mol. The van der Waals surface area contributed by atoms with Gasteiger partial charge < -0.3 is 39.9 Å². The molecule has 3 fully saturated rings. The minimum Gasteiger partial charge on any atom is -0.453 e. The smallest absolute Gasteiger partial charge is 0.407 e. The zero-order valence-corrected chi connectivity index (χ0v) is 39.2. The third kappa shape index (κ3) is 8.75. The molecule has 7 aromatic rings. The molecule has 4 amide bonds. The van der Waals surface area contributed by atoms with Crippen molar-refractivity contribution in [2.45, 2.75) is 76.5 Å². The van der Waals surface area contributed by atoms with Gasteiger partial charge in [-0.2, -0.15) is 0 Å². The number of carbonyl (C=O) groups excluding carboxylic acids is 4. The predicted octanol–water partition coefficient (Wildman–Crippen LogP) is 9.14. The lowest BCUT2D eigenvalue weighted by Crippen LogP contribution is -2.51. The van der Waals surface area contributed by atoms with Crippen molar-refractivity contribution in [3.8, 4) is 11.1 Å². The van der Waals surface area contributed by atoms with Crippen LogP contribution < -0.4 is 10.6 Å². The van der Waals surface area contributed by atoms with Gasteiger partial charge in [0.25, 0.3) is 0 Å². The molecule has 1 unspecified atom stereocenters. The van der Waals surface area contributed by atoms with Crippen LogP contribution in [0.15, 0.2) is 91.0 Å². The molecule has 2 aliphatic heterocycles. The second-order valence-corrected chi connectivity index (χ2v) is 19.6. The number of aromatic nitrogens is 4. The van der Waals surface area contributed by atoms with Gasteiger partial charge in [0.2, 0.25) is 23.6 Å². The fourth-order valence-electron chi connectivity index (χ4n) is 10.7. The number of hydrogen-bond donors (Lipinski definition) is 4. The van der Waals surface area contributed by atoms with Gasteiger partial charge in [-0.3, -0.25) is 14.4 Å². The average molecular weight is 939 g/mol. The zero-order valence-electron chi connectivity index (χ0n) is 39.2. The number of rotatable bonds is 12. The van der Waals surface area contributed by atoms with Gasteiger partial charge in [-0.15, -0.1) is 0 Å². The molecule has 0 radical (unpaired) electrons. The lowest BCUT2D eigenvalue weighted by Gasteiger charge is -2.35. The van der Waals surface area contributed by atoms with E-state index in [0.29, 0.717) is 43.3 Å². The number of carbonyl (C=O) groups is 4. The van der Waals surface area contributed by atoms with Crippen molar-refractivity contribution in [3.05, 3.63) is 108 Å². The molecule has 1 aliphatic carbocycles. The van der Waals surface area contributed by atoms with Crippen LogP contribution in [0.2, 0.25) is 0 Å². The van der Waals surface area contributed by atoms with Crippen molar-refractivity contribution in [2.75, 3.05) is 33.9 Å². The molecule has 0 bridgehead atoms. The number of hydrogen-bond acceptors (Lipinski definition) is 8. The lowest BCUT2D eigenvalue weighted by atomic mass is 9.80. The lowest BCUT2D eigenvalue weighted by molar-refractivity contribution is -0.153. The van der Waals surface area contributed by atoms with Crippen LogP contribution in [0.1, 0.15) is 81.8 Å². The first-order chi connectivity index (χ1) is 33.2. The van der Waals surface area contributed by atoms with Gasteiger partial charge in [0, 0.05) is 55.6 Å². The fraction of sp³-hybridized carbons (Fsp3) is 0.396. The first-order valence-corrected chi connectivity index (χ1v) is 23.7. The number of ether oxygens (including phenoxy) is 2. The second kappa shape index (κ2) is 18.2. The van der Waals surface area contributed by atoms with E-state index in [0.717, 1.165) is 61.2 Å². The van der Waals surface area contributed by atoms with E-state index in [1.165, 1.54) is 7.11 Å². The topological polar surface area (TPSA) is 175 Å². The summed E-state index contributed by atoms with van der Waals surface area (Å²) in [5, 5.41) is 9.56. The monoisotopic (exact) mass is 938 g/mol. The second-order valence-electron chi connectivity index (χ2n) is 19.6. The molecule has 16 heteroatoms. The number of methoxy groups -OCH3 is 2. The Labute approximate surface area is 397 Å². The summed E-state index contributed by atoms with van der Waals surface area (Å²) >= 11 is 0. The van der Waals surface area contributed by atoms with Crippen molar-refractivity contribution >= 4 is 67.4 Å². The number of aromatic amines is 2. The number of imidazole rings is 2. The SMILES string of the molecule is COC[C@H]1C[C@@H](c2nc3ccc4cc(-c5ccc6c(ccc7nc([C@@H]8C[C@H](C)CN8C(=O)C(NC(=O)OC)C(C)C)[nH]c76)c5)ccc4c3[nH]2)N(C(=O)[C@H](NC(=O)C2CC(F)(F)C2)c2ccccc2)C1. The molecule has 69 heavy (non-hydrogen) atoms. The van der Waals surface area contributed by atoms with Crippen molar-refractivity contribution in [1.82, 2.24) is 40.4 Å². The number of nitrogens with one attached hydrogen (secondary N) is 4. The molecule has 3 aliphatic rings. The van der Waals surface area contributed by atoms with Crippen molar-refractivity contribution < 1.29 is 37.4 Å². The van der Waals surface area contributed by atoms with Crippen molar-refractivity contribution in [2.24, 2.45) is 23.7 Å². The van der Waals surface area contributed by atoms with Crippen LogP contribution in [0.5, 0.6) is 0 Å². The molecule has 14 nitrogen and oxygen atoms in total. The van der Waals surface area contributed by atoms with Crippen LogP contribution in [-0.2, 0) is 23.9 Å². The van der Waals surface area contributed by atoms with E-state index in [4.69, 9.17) is 19.4 Å². The largest absolute Gasteiger partial charge is 0.453 e. The van der Waals surface area contributed by atoms with E-state index in [1.54, 1.807) is 36.3 Å².